The summed E-state index contributed by atoms with van der Waals surface area (Å²) >= 11 is 0. The number of aromatic nitrogens is 2. The normalized spacial score (nSPS) is 13.4. The van der Waals surface area contributed by atoms with E-state index < -0.39 is 0 Å². The third kappa shape index (κ3) is 3.73. The fourth-order valence-electron chi connectivity index (χ4n) is 1.82. The first-order valence-corrected chi connectivity index (χ1v) is 6.24. The molecule has 1 N–H and O–H groups in total. The second-order valence-electron chi connectivity index (χ2n) is 5.21. The Hall–Kier alpha value is -1.03. The second-order valence-corrected chi connectivity index (χ2v) is 5.21. The summed E-state index contributed by atoms with van der Waals surface area (Å²) in [7, 11) is 3.70. The molecule has 1 rings (SSSR count). The number of hydrogen-bond donors (Lipinski definition) is 1. The van der Waals surface area contributed by atoms with E-state index in [-0.39, 0.29) is 0 Å². The van der Waals surface area contributed by atoms with Crippen molar-refractivity contribution in [3.8, 4) is 0 Å². The maximum absolute atomic E-state index is 5.25. The molecule has 0 radical (unpaired) electrons. The van der Waals surface area contributed by atoms with Crippen molar-refractivity contribution in [1.29, 1.82) is 0 Å². The summed E-state index contributed by atoms with van der Waals surface area (Å²) < 4.78 is 7.12. The van der Waals surface area contributed by atoms with Crippen LogP contribution in [0.25, 0.3) is 0 Å². The average molecular weight is 239 g/mol. The summed E-state index contributed by atoms with van der Waals surface area (Å²) in [6.07, 6.45) is 2.04. The Kier molecular flexibility index (Phi) is 5.00. The van der Waals surface area contributed by atoms with E-state index in [1.807, 2.05) is 17.9 Å². The van der Waals surface area contributed by atoms with Gasteiger partial charge in [-0.05, 0) is 11.8 Å². The molecule has 0 aliphatic heterocycles. The molecule has 17 heavy (non-hydrogen) atoms. The van der Waals surface area contributed by atoms with Gasteiger partial charge in [-0.2, -0.15) is 5.10 Å². The van der Waals surface area contributed by atoms with Gasteiger partial charge in [0.25, 0.3) is 0 Å². The minimum absolute atomic E-state index is 0.321. The van der Waals surface area contributed by atoms with Gasteiger partial charge in [-0.15, -0.1) is 0 Å². The molecule has 98 valence electrons. The highest BCUT2D eigenvalue weighted by Crippen LogP contribution is 2.23. The van der Waals surface area contributed by atoms with E-state index in [0.717, 1.165) is 11.4 Å². The Morgan fingerprint density at radius 3 is 2.47 bits per heavy atom. The molecule has 0 aliphatic carbocycles. The average Bonchev–Trinajstić information content (AvgIpc) is 2.59. The lowest BCUT2D eigenvalue weighted by atomic mass is 10.0. The first-order valence-electron chi connectivity index (χ1n) is 6.24. The molecular weight excluding hydrogens is 214 g/mol. The van der Waals surface area contributed by atoms with Crippen LogP contribution in [0.2, 0.25) is 0 Å². The number of methoxy groups -OCH3 is 1. The summed E-state index contributed by atoms with van der Waals surface area (Å²) in [5.74, 6) is 0.948. The van der Waals surface area contributed by atoms with Crippen LogP contribution < -0.4 is 5.32 Å². The molecule has 4 heteroatoms. The van der Waals surface area contributed by atoms with Crippen LogP contribution in [-0.2, 0) is 11.8 Å². The standard InChI is InChI=1S/C13H25N3O/c1-9(2)12(8-17-6)14-11-7-16(5)15-13(11)10(3)4/h7,9-10,12,14H,8H2,1-6H3. The van der Waals surface area contributed by atoms with E-state index in [1.54, 1.807) is 7.11 Å². The molecule has 1 atom stereocenters. The molecule has 1 aromatic rings. The van der Waals surface area contributed by atoms with Gasteiger partial charge in [-0.3, -0.25) is 4.68 Å². The zero-order valence-electron chi connectivity index (χ0n) is 11.8. The quantitative estimate of drug-likeness (QED) is 0.829. The third-order valence-electron chi connectivity index (χ3n) is 2.90. The van der Waals surface area contributed by atoms with Gasteiger partial charge < -0.3 is 10.1 Å². The van der Waals surface area contributed by atoms with Gasteiger partial charge in [0.1, 0.15) is 0 Å². The van der Waals surface area contributed by atoms with Crippen molar-refractivity contribution in [3.63, 3.8) is 0 Å². The zero-order chi connectivity index (χ0) is 13.0. The Morgan fingerprint density at radius 2 is 2.00 bits per heavy atom. The largest absolute Gasteiger partial charge is 0.383 e. The van der Waals surface area contributed by atoms with E-state index >= 15 is 0 Å². The lowest BCUT2D eigenvalue weighted by Gasteiger charge is -2.22. The van der Waals surface area contributed by atoms with E-state index in [4.69, 9.17) is 4.74 Å². The van der Waals surface area contributed by atoms with Crippen LogP contribution >= 0.6 is 0 Å². The highest BCUT2D eigenvalue weighted by atomic mass is 16.5. The predicted octanol–water partition coefficient (Wildman–Crippen LogP) is 2.63. The summed E-state index contributed by atoms with van der Waals surface area (Å²) in [4.78, 5) is 0. The Labute approximate surface area is 104 Å². The maximum atomic E-state index is 5.25. The summed E-state index contributed by atoms with van der Waals surface area (Å²) in [6.45, 7) is 9.43. The maximum Gasteiger partial charge on any atom is 0.0881 e. The molecule has 1 aromatic heterocycles. The van der Waals surface area contributed by atoms with E-state index in [2.05, 4.69) is 38.1 Å². The molecule has 0 fully saturated rings. The lowest BCUT2D eigenvalue weighted by molar-refractivity contribution is 0.171. The molecule has 1 unspecified atom stereocenters. The first kappa shape index (κ1) is 14.0. The minimum atomic E-state index is 0.321. The van der Waals surface area contributed by atoms with Crippen molar-refractivity contribution in [2.75, 3.05) is 19.0 Å². The predicted molar refractivity (Wildman–Crippen MR) is 71.4 cm³/mol. The highest BCUT2D eigenvalue weighted by molar-refractivity contribution is 5.48. The van der Waals surface area contributed by atoms with Crippen molar-refractivity contribution < 1.29 is 4.74 Å². The van der Waals surface area contributed by atoms with Gasteiger partial charge in [-0.1, -0.05) is 27.7 Å². The number of nitrogens with zero attached hydrogens (tertiary/aromatic N) is 2. The van der Waals surface area contributed by atoms with Crippen LogP contribution in [0.5, 0.6) is 0 Å². The van der Waals surface area contributed by atoms with Crippen LogP contribution in [0.4, 0.5) is 5.69 Å². The number of hydrogen-bond acceptors (Lipinski definition) is 3. The van der Waals surface area contributed by atoms with E-state index in [0.29, 0.717) is 24.5 Å². The number of anilines is 1. The van der Waals surface area contributed by atoms with E-state index in [1.165, 1.54) is 0 Å². The summed E-state index contributed by atoms with van der Waals surface area (Å²) in [5, 5.41) is 8.04. The summed E-state index contributed by atoms with van der Waals surface area (Å²) in [5.41, 5.74) is 2.24. The molecule has 0 bridgehead atoms. The van der Waals surface area contributed by atoms with Crippen molar-refractivity contribution in [2.45, 2.75) is 39.7 Å². The smallest absolute Gasteiger partial charge is 0.0881 e. The van der Waals surface area contributed by atoms with Gasteiger partial charge in [0, 0.05) is 20.4 Å². The zero-order valence-corrected chi connectivity index (χ0v) is 11.8. The van der Waals surface area contributed by atoms with Crippen LogP contribution in [0.1, 0.15) is 39.3 Å². The molecule has 0 spiro atoms. The Balaban J connectivity index is 2.84. The van der Waals surface area contributed by atoms with Crippen LogP contribution in [0.3, 0.4) is 0 Å². The van der Waals surface area contributed by atoms with Crippen molar-refractivity contribution in [2.24, 2.45) is 13.0 Å². The van der Waals surface area contributed by atoms with Gasteiger partial charge in [0.05, 0.1) is 24.0 Å². The minimum Gasteiger partial charge on any atom is -0.383 e. The molecule has 0 aromatic carbocycles. The fourth-order valence-corrected chi connectivity index (χ4v) is 1.82. The van der Waals surface area contributed by atoms with Crippen LogP contribution in [0.15, 0.2) is 6.20 Å². The van der Waals surface area contributed by atoms with Gasteiger partial charge in [0.2, 0.25) is 0 Å². The first-order chi connectivity index (χ1) is 7.95. The van der Waals surface area contributed by atoms with Crippen molar-refractivity contribution >= 4 is 5.69 Å². The number of aryl methyl sites for hydroxylation is 1. The monoisotopic (exact) mass is 239 g/mol. The molecule has 4 nitrogen and oxygen atoms in total. The van der Waals surface area contributed by atoms with Gasteiger partial charge >= 0.3 is 0 Å². The SMILES string of the molecule is COCC(Nc1cn(C)nc1C(C)C)C(C)C. The number of ether oxygens (including phenoxy) is 1. The van der Waals surface area contributed by atoms with Crippen LogP contribution in [-0.4, -0.2) is 29.5 Å². The van der Waals surface area contributed by atoms with Crippen molar-refractivity contribution in [1.82, 2.24) is 9.78 Å². The molecule has 0 saturated heterocycles. The Morgan fingerprint density at radius 1 is 1.35 bits per heavy atom. The molecule has 0 saturated carbocycles. The van der Waals surface area contributed by atoms with Gasteiger partial charge in [0.15, 0.2) is 0 Å². The van der Waals surface area contributed by atoms with Crippen molar-refractivity contribution in [3.05, 3.63) is 11.9 Å². The second kappa shape index (κ2) is 6.05. The number of rotatable bonds is 6. The third-order valence-corrected chi connectivity index (χ3v) is 2.90. The fraction of sp³-hybridized carbons (Fsp3) is 0.769. The topological polar surface area (TPSA) is 39.1 Å². The summed E-state index contributed by atoms with van der Waals surface area (Å²) in [6, 6.07) is 0.321. The molecular formula is C13H25N3O. The molecule has 0 amide bonds. The Bertz CT molecular complexity index is 344. The van der Waals surface area contributed by atoms with E-state index in [9.17, 15) is 0 Å². The van der Waals surface area contributed by atoms with Gasteiger partial charge in [-0.25, -0.2) is 0 Å². The number of nitrogens with one attached hydrogen (secondary N) is 1. The van der Waals surface area contributed by atoms with Crippen LogP contribution in [0, 0.1) is 5.92 Å². The lowest BCUT2D eigenvalue weighted by Crippen LogP contribution is -2.30. The molecule has 1 heterocycles. The molecule has 0 aliphatic rings. The highest BCUT2D eigenvalue weighted by Gasteiger charge is 2.17.